The van der Waals surface area contributed by atoms with Gasteiger partial charge in [0.15, 0.2) is 23.6 Å². The van der Waals surface area contributed by atoms with Gasteiger partial charge in [-0.1, -0.05) is 16.4 Å². The molecule has 0 spiro atoms. The molecule has 11 heteroatoms. The first-order valence-corrected chi connectivity index (χ1v) is 11.1. The SMILES string of the molecule is O=C1[C@H]2N=NN(Cc3nc(-c4ccc5c(c4)OCO5)no3)[C@@H]2C(=O)N1c1ccc2c(c1)CCC2. The van der Waals surface area contributed by atoms with Gasteiger partial charge in [0.05, 0.1) is 5.69 Å². The van der Waals surface area contributed by atoms with Crippen LogP contribution < -0.4 is 14.4 Å². The number of hydrogen-bond acceptors (Lipinski definition) is 10. The van der Waals surface area contributed by atoms with E-state index in [1.807, 2.05) is 18.2 Å². The molecule has 0 N–H and O–H groups in total. The molecule has 2 amide bonds. The molecule has 1 aromatic heterocycles. The topological polar surface area (TPSA) is 123 Å². The summed E-state index contributed by atoms with van der Waals surface area (Å²) in [6, 6.07) is 9.43. The first-order valence-electron chi connectivity index (χ1n) is 11.1. The van der Waals surface area contributed by atoms with E-state index in [2.05, 4.69) is 20.5 Å². The quantitative estimate of drug-likeness (QED) is 0.547. The van der Waals surface area contributed by atoms with Gasteiger partial charge in [-0.2, -0.15) is 10.1 Å². The van der Waals surface area contributed by atoms with Crippen molar-refractivity contribution in [1.29, 1.82) is 0 Å². The molecular formula is C23H18N6O5. The van der Waals surface area contributed by atoms with Crippen molar-refractivity contribution in [3.8, 4) is 22.9 Å². The summed E-state index contributed by atoms with van der Waals surface area (Å²) in [6.45, 7) is 0.229. The third kappa shape index (κ3) is 2.82. The molecule has 1 fully saturated rings. The number of imide groups is 1. The zero-order chi connectivity index (χ0) is 22.8. The van der Waals surface area contributed by atoms with Crippen LogP contribution in [0, 0.1) is 0 Å². The fraction of sp³-hybridized carbons (Fsp3) is 0.304. The van der Waals surface area contributed by atoms with Gasteiger partial charge in [-0.3, -0.25) is 14.6 Å². The van der Waals surface area contributed by atoms with Gasteiger partial charge in [0.1, 0.15) is 6.54 Å². The number of fused-ring (bicyclic) bond motifs is 3. The molecule has 4 aliphatic rings. The number of amides is 2. The van der Waals surface area contributed by atoms with Crippen LogP contribution in [0.15, 0.2) is 51.3 Å². The van der Waals surface area contributed by atoms with Crippen LogP contribution in [0.4, 0.5) is 5.69 Å². The number of carbonyl (C=O) groups excluding carboxylic acids is 2. The van der Waals surface area contributed by atoms with Crippen molar-refractivity contribution in [2.45, 2.75) is 37.9 Å². The minimum absolute atomic E-state index is 0.0548. The maximum atomic E-state index is 13.3. The van der Waals surface area contributed by atoms with Gasteiger partial charge in [0.25, 0.3) is 11.8 Å². The molecule has 7 rings (SSSR count). The number of anilines is 1. The number of nitrogens with zero attached hydrogens (tertiary/aromatic N) is 6. The van der Waals surface area contributed by atoms with Gasteiger partial charge in [-0.25, -0.2) is 4.90 Å². The summed E-state index contributed by atoms with van der Waals surface area (Å²) in [5.74, 6) is 1.17. The monoisotopic (exact) mass is 458 g/mol. The van der Waals surface area contributed by atoms with Crippen molar-refractivity contribution in [2.24, 2.45) is 10.3 Å². The summed E-state index contributed by atoms with van der Waals surface area (Å²) in [6.07, 6.45) is 3.08. The summed E-state index contributed by atoms with van der Waals surface area (Å²) in [5.41, 5.74) is 3.76. The Bertz CT molecular complexity index is 1380. The Kier molecular flexibility index (Phi) is 4.02. The first kappa shape index (κ1) is 19.2. The fourth-order valence-corrected chi connectivity index (χ4v) is 4.92. The van der Waals surface area contributed by atoms with Crippen LogP contribution in [-0.2, 0) is 29.0 Å². The van der Waals surface area contributed by atoms with E-state index < -0.39 is 12.1 Å². The summed E-state index contributed by atoms with van der Waals surface area (Å²) >= 11 is 0. The van der Waals surface area contributed by atoms with E-state index >= 15 is 0 Å². The molecule has 0 unspecified atom stereocenters. The highest BCUT2D eigenvalue weighted by Crippen LogP contribution is 2.36. The molecule has 0 saturated carbocycles. The molecule has 11 nitrogen and oxygen atoms in total. The second-order valence-corrected chi connectivity index (χ2v) is 8.59. The normalized spacial score (nSPS) is 22.1. The van der Waals surface area contributed by atoms with E-state index in [1.54, 1.807) is 18.2 Å². The van der Waals surface area contributed by atoms with Crippen LogP contribution in [0.2, 0.25) is 0 Å². The summed E-state index contributed by atoms with van der Waals surface area (Å²) in [7, 11) is 0. The highest BCUT2D eigenvalue weighted by Gasteiger charge is 2.55. The van der Waals surface area contributed by atoms with Crippen LogP contribution in [0.1, 0.15) is 23.4 Å². The average molecular weight is 458 g/mol. The lowest BCUT2D eigenvalue weighted by Crippen LogP contribution is -2.39. The second kappa shape index (κ2) is 7.11. The maximum absolute atomic E-state index is 13.3. The Morgan fingerprint density at radius 3 is 2.79 bits per heavy atom. The molecular weight excluding hydrogens is 440 g/mol. The van der Waals surface area contributed by atoms with Gasteiger partial charge in [0, 0.05) is 5.56 Å². The lowest BCUT2D eigenvalue weighted by molar-refractivity contribution is -0.123. The van der Waals surface area contributed by atoms with Crippen molar-refractivity contribution in [3.05, 3.63) is 53.4 Å². The summed E-state index contributed by atoms with van der Waals surface area (Å²) < 4.78 is 16.1. The Hall–Kier alpha value is -4.28. The van der Waals surface area contributed by atoms with Crippen molar-refractivity contribution in [3.63, 3.8) is 0 Å². The van der Waals surface area contributed by atoms with Gasteiger partial charge >= 0.3 is 0 Å². The zero-order valence-electron chi connectivity index (χ0n) is 17.9. The smallest absolute Gasteiger partial charge is 0.263 e. The van der Waals surface area contributed by atoms with Crippen LogP contribution in [0.25, 0.3) is 11.4 Å². The molecule has 1 aliphatic carbocycles. The van der Waals surface area contributed by atoms with E-state index in [1.165, 1.54) is 21.0 Å². The largest absolute Gasteiger partial charge is 0.454 e. The molecule has 2 aromatic carbocycles. The number of carbonyl (C=O) groups is 2. The lowest BCUT2D eigenvalue weighted by Gasteiger charge is -2.19. The Labute approximate surface area is 192 Å². The van der Waals surface area contributed by atoms with Gasteiger partial charge in [-0.05, 0) is 60.7 Å². The van der Waals surface area contributed by atoms with E-state index in [0.717, 1.165) is 19.3 Å². The first-order chi connectivity index (χ1) is 16.7. The van der Waals surface area contributed by atoms with Crippen LogP contribution in [0.5, 0.6) is 11.5 Å². The Morgan fingerprint density at radius 1 is 0.971 bits per heavy atom. The molecule has 3 aliphatic heterocycles. The molecule has 34 heavy (non-hydrogen) atoms. The highest BCUT2D eigenvalue weighted by molar-refractivity contribution is 6.25. The average Bonchev–Trinajstić information content (AvgIpc) is 3.66. The molecule has 170 valence electrons. The van der Waals surface area contributed by atoms with E-state index in [4.69, 9.17) is 14.0 Å². The number of aryl methyl sites for hydroxylation is 2. The van der Waals surface area contributed by atoms with Crippen LogP contribution in [-0.4, -0.2) is 45.8 Å². The predicted octanol–water partition coefficient (Wildman–Crippen LogP) is 2.45. The van der Waals surface area contributed by atoms with E-state index in [-0.39, 0.29) is 31.0 Å². The van der Waals surface area contributed by atoms with Crippen molar-refractivity contribution in [2.75, 3.05) is 11.7 Å². The minimum atomic E-state index is -0.878. The van der Waals surface area contributed by atoms with E-state index in [9.17, 15) is 9.59 Å². The molecule has 0 bridgehead atoms. The minimum Gasteiger partial charge on any atom is -0.454 e. The number of benzene rings is 2. The van der Waals surface area contributed by atoms with Crippen molar-refractivity contribution in [1.82, 2.24) is 15.1 Å². The number of aromatic nitrogens is 2. The second-order valence-electron chi connectivity index (χ2n) is 8.59. The number of rotatable bonds is 4. The molecule has 2 atom stereocenters. The predicted molar refractivity (Wildman–Crippen MR) is 115 cm³/mol. The van der Waals surface area contributed by atoms with E-state index in [0.29, 0.717) is 28.6 Å². The molecule has 0 radical (unpaired) electrons. The number of hydrogen-bond donors (Lipinski definition) is 0. The van der Waals surface area contributed by atoms with Crippen molar-refractivity contribution >= 4 is 17.5 Å². The molecule has 3 aromatic rings. The summed E-state index contributed by atoms with van der Waals surface area (Å²) in [4.78, 5) is 32.0. The molecule has 1 saturated heterocycles. The molecule has 4 heterocycles. The Balaban J connectivity index is 1.11. The number of ether oxygens (including phenoxy) is 2. The third-order valence-corrected chi connectivity index (χ3v) is 6.59. The highest BCUT2D eigenvalue weighted by atomic mass is 16.7. The zero-order valence-corrected chi connectivity index (χ0v) is 17.9. The van der Waals surface area contributed by atoms with Gasteiger partial charge < -0.3 is 14.0 Å². The van der Waals surface area contributed by atoms with Crippen LogP contribution in [0.3, 0.4) is 0 Å². The fourth-order valence-electron chi connectivity index (χ4n) is 4.92. The van der Waals surface area contributed by atoms with Gasteiger partial charge in [-0.15, -0.1) is 0 Å². The van der Waals surface area contributed by atoms with Gasteiger partial charge in [0.2, 0.25) is 18.5 Å². The lowest BCUT2D eigenvalue weighted by atomic mass is 10.1. The standard InChI is InChI=1S/C23H18N6O5/c30-22-19-20(23(31)29(22)15-6-4-12-2-1-3-13(12)8-15)28(27-25-19)10-18-24-21(26-34-18)14-5-7-16-17(9-14)33-11-32-16/h4-9,19-20H,1-3,10-11H2/t19-,20-/m0/s1. The maximum Gasteiger partial charge on any atom is 0.263 e. The van der Waals surface area contributed by atoms with Crippen molar-refractivity contribution < 1.29 is 23.6 Å². The third-order valence-electron chi connectivity index (χ3n) is 6.59. The summed E-state index contributed by atoms with van der Waals surface area (Å²) in [5, 5.41) is 13.6. The van der Waals surface area contributed by atoms with Crippen LogP contribution >= 0.6 is 0 Å². The Morgan fingerprint density at radius 2 is 1.85 bits per heavy atom.